The van der Waals surface area contributed by atoms with Gasteiger partial charge in [-0.05, 0) is 59.4 Å². The molecule has 2 aliphatic heterocycles. The Morgan fingerprint density at radius 1 is 0.650 bits per heavy atom. The largest absolute Gasteiger partial charge is 0.340 e. The topological polar surface area (TPSA) is 40.6 Å². The molecule has 202 valence electrons. The Balaban J connectivity index is 1.27. The minimum absolute atomic E-state index is 0.0391. The van der Waals surface area contributed by atoms with Crippen LogP contribution in [0.1, 0.15) is 35.1 Å². The number of carbonyl (C=O) groups excluding carboxylic acids is 2. The van der Waals surface area contributed by atoms with Crippen molar-refractivity contribution in [3.05, 3.63) is 143 Å². The molecule has 4 nitrogen and oxygen atoms in total. The molecule has 0 N–H and O–H groups in total. The fraction of sp³-hybridized carbons (Fsp3) is 0.235. The Labute approximate surface area is 232 Å². The van der Waals surface area contributed by atoms with Crippen LogP contribution in [-0.4, -0.2) is 47.8 Å². The van der Waals surface area contributed by atoms with Crippen molar-refractivity contribution in [3.63, 3.8) is 0 Å². The van der Waals surface area contributed by atoms with Gasteiger partial charge in [-0.3, -0.25) is 9.59 Å². The first-order valence-corrected chi connectivity index (χ1v) is 13.6. The molecule has 6 heteroatoms. The summed E-state index contributed by atoms with van der Waals surface area (Å²) >= 11 is 0. The van der Waals surface area contributed by atoms with Crippen molar-refractivity contribution in [1.82, 2.24) is 9.80 Å². The van der Waals surface area contributed by atoms with Crippen LogP contribution in [0.3, 0.4) is 0 Å². The summed E-state index contributed by atoms with van der Waals surface area (Å²) < 4.78 is 27.6. The maximum absolute atomic E-state index is 14.1. The van der Waals surface area contributed by atoms with Crippen molar-refractivity contribution < 1.29 is 18.4 Å². The van der Waals surface area contributed by atoms with E-state index in [1.807, 2.05) is 41.3 Å². The molecule has 0 spiro atoms. The van der Waals surface area contributed by atoms with Gasteiger partial charge in [-0.25, -0.2) is 8.78 Å². The molecule has 0 saturated carbocycles. The fourth-order valence-electron chi connectivity index (χ4n) is 6.54. The summed E-state index contributed by atoms with van der Waals surface area (Å²) in [7, 11) is 0. The van der Waals surface area contributed by atoms with Crippen LogP contribution in [0.15, 0.2) is 109 Å². The molecule has 0 aromatic heterocycles. The smallest absolute Gasteiger partial charge is 0.242 e. The standard InChI is InChI=1S/C34H30F2N2O2/c35-29-15-11-27(12-16-29)34(28-13-17-30(36)18-14-28)20-22-37(32(34)40)23-31(39)38-21-19-33(24-38,25-7-3-1-4-8-25)26-9-5-2-6-10-26/h1-18H,19-24H2. The monoisotopic (exact) mass is 536 g/mol. The van der Waals surface area contributed by atoms with E-state index in [0.717, 1.165) is 6.42 Å². The van der Waals surface area contributed by atoms with Crippen LogP contribution in [0.2, 0.25) is 0 Å². The molecule has 2 heterocycles. The number of hydrogen-bond donors (Lipinski definition) is 0. The van der Waals surface area contributed by atoms with Crippen molar-refractivity contribution in [2.24, 2.45) is 0 Å². The molecule has 4 aromatic carbocycles. The third-order valence-corrected chi connectivity index (χ3v) is 8.68. The van der Waals surface area contributed by atoms with E-state index in [-0.39, 0.29) is 23.8 Å². The second kappa shape index (κ2) is 10.3. The van der Waals surface area contributed by atoms with Crippen LogP contribution >= 0.6 is 0 Å². The molecule has 0 bridgehead atoms. The summed E-state index contributed by atoms with van der Waals surface area (Å²) in [6.45, 7) is 1.45. The number of carbonyl (C=O) groups is 2. The van der Waals surface area contributed by atoms with Crippen molar-refractivity contribution in [2.75, 3.05) is 26.2 Å². The zero-order valence-electron chi connectivity index (χ0n) is 22.1. The van der Waals surface area contributed by atoms with Crippen LogP contribution in [-0.2, 0) is 20.4 Å². The predicted octanol–water partition coefficient (Wildman–Crippen LogP) is 5.70. The zero-order valence-corrected chi connectivity index (χ0v) is 22.1. The molecule has 0 atom stereocenters. The molecular weight excluding hydrogens is 506 g/mol. The molecule has 2 aliphatic rings. The molecule has 6 rings (SSSR count). The van der Waals surface area contributed by atoms with Gasteiger partial charge >= 0.3 is 0 Å². The lowest BCUT2D eigenvalue weighted by Gasteiger charge is -2.32. The van der Waals surface area contributed by atoms with Crippen molar-refractivity contribution >= 4 is 11.8 Å². The second-order valence-corrected chi connectivity index (χ2v) is 10.8. The minimum atomic E-state index is -1.11. The van der Waals surface area contributed by atoms with Crippen LogP contribution in [0.5, 0.6) is 0 Å². The summed E-state index contributed by atoms with van der Waals surface area (Å²) in [4.78, 5) is 31.3. The van der Waals surface area contributed by atoms with Crippen molar-refractivity contribution in [1.29, 1.82) is 0 Å². The number of likely N-dealkylation sites (tertiary alicyclic amines) is 2. The van der Waals surface area contributed by atoms with Crippen LogP contribution in [0.25, 0.3) is 0 Å². The molecule has 2 amide bonds. The lowest BCUT2D eigenvalue weighted by molar-refractivity contribution is -0.139. The number of nitrogens with zero attached hydrogens (tertiary/aromatic N) is 2. The summed E-state index contributed by atoms with van der Waals surface area (Å²) in [5.74, 6) is -1.12. The van der Waals surface area contributed by atoms with E-state index in [1.165, 1.54) is 35.4 Å². The highest BCUT2D eigenvalue weighted by Crippen LogP contribution is 2.43. The van der Waals surface area contributed by atoms with Gasteiger partial charge in [0.05, 0.1) is 6.54 Å². The summed E-state index contributed by atoms with van der Waals surface area (Å²) in [6.07, 6.45) is 1.20. The number of hydrogen-bond acceptors (Lipinski definition) is 2. The summed E-state index contributed by atoms with van der Waals surface area (Å²) in [5, 5.41) is 0. The van der Waals surface area contributed by atoms with E-state index in [2.05, 4.69) is 24.3 Å². The second-order valence-electron chi connectivity index (χ2n) is 10.8. The third-order valence-electron chi connectivity index (χ3n) is 8.68. The fourth-order valence-corrected chi connectivity index (χ4v) is 6.54. The first-order valence-electron chi connectivity index (χ1n) is 13.6. The van der Waals surface area contributed by atoms with Crippen LogP contribution < -0.4 is 0 Å². The molecule has 2 fully saturated rings. The first-order chi connectivity index (χ1) is 19.4. The van der Waals surface area contributed by atoms with Gasteiger partial charge in [0.25, 0.3) is 0 Å². The maximum atomic E-state index is 14.1. The summed E-state index contributed by atoms with van der Waals surface area (Å²) in [5.41, 5.74) is 2.17. The van der Waals surface area contributed by atoms with Crippen molar-refractivity contribution in [3.8, 4) is 0 Å². The molecule has 2 saturated heterocycles. The van der Waals surface area contributed by atoms with Crippen LogP contribution in [0, 0.1) is 11.6 Å². The lowest BCUT2D eigenvalue weighted by atomic mass is 9.73. The average Bonchev–Trinajstić information content (AvgIpc) is 3.59. The Kier molecular flexibility index (Phi) is 6.70. The number of amides is 2. The van der Waals surface area contributed by atoms with E-state index in [4.69, 9.17) is 0 Å². The van der Waals surface area contributed by atoms with Gasteiger partial charge in [0.1, 0.15) is 17.0 Å². The Bertz CT molecular complexity index is 1420. The van der Waals surface area contributed by atoms with Gasteiger partial charge in [0.15, 0.2) is 0 Å². The Morgan fingerprint density at radius 2 is 1.15 bits per heavy atom. The highest BCUT2D eigenvalue weighted by molar-refractivity contribution is 5.96. The van der Waals surface area contributed by atoms with Gasteiger partial charge < -0.3 is 9.80 Å². The van der Waals surface area contributed by atoms with Gasteiger partial charge in [-0.1, -0.05) is 84.9 Å². The molecule has 4 aromatic rings. The number of halogens is 2. The van der Waals surface area contributed by atoms with Crippen molar-refractivity contribution in [2.45, 2.75) is 23.7 Å². The lowest BCUT2D eigenvalue weighted by Crippen LogP contribution is -2.45. The van der Waals surface area contributed by atoms with Gasteiger partial charge in [-0.2, -0.15) is 0 Å². The van der Waals surface area contributed by atoms with E-state index in [1.54, 1.807) is 29.2 Å². The molecule has 0 radical (unpaired) electrons. The normalized spacial score (nSPS) is 17.8. The van der Waals surface area contributed by atoms with Crippen LogP contribution in [0.4, 0.5) is 8.78 Å². The molecule has 0 unspecified atom stereocenters. The van der Waals surface area contributed by atoms with Gasteiger partial charge in [0, 0.05) is 25.0 Å². The molecule has 40 heavy (non-hydrogen) atoms. The van der Waals surface area contributed by atoms with E-state index < -0.39 is 17.0 Å². The SMILES string of the molecule is O=C(CN1CCC(c2ccc(F)cc2)(c2ccc(F)cc2)C1=O)N1CCC(c2ccccc2)(c2ccccc2)C1. The Morgan fingerprint density at radius 3 is 1.65 bits per heavy atom. The first kappa shape index (κ1) is 25.9. The maximum Gasteiger partial charge on any atom is 0.242 e. The molecular formula is C34H30F2N2O2. The quantitative estimate of drug-likeness (QED) is 0.317. The Hall–Kier alpha value is -4.32. The highest BCUT2D eigenvalue weighted by Gasteiger charge is 2.50. The predicted molar refractivity (Wildman–Crippen MR) is 150 cm³/mol. The molecule has 0 aliphatic carbocycles. The minimum Gasteiger partial charge on any atom is -0.340 e. The number of rotatable bonds is 6. The zero-order chi connectivity index (χ0) is 27.7. The van der Waals surface area contributed by atoms with Gasteiger partial charge in [0.2, 0.25) is 11.8 Å². The highest BCUT2D eigenvalue weighted by atomic mass is 19.1. The van der Waals surface area contributed by atoms with E-state index in [9.17, 15) is 18.4 Å². The third kappa shape index (κ3) is 4.37. The van der Waals surface area contributed by atoms with E-state index >= 15 is 0 Å². The number of benzene rings is 4. The summed E-state index contributed by atoms with van der Waals surface area (Å²) in [6, 6.07) is 32.3. The average molecular weight is 537 g/mol. The van der Waals surface area contributed by atoms with E-state index in [0.29, 0.717) is 37.2 Å². The van der Waals surface area contributed by atoms with Gasteiger partial charge in [-0.15, -0.1) is 0 Å².